The zero-order valence-corrected chi connectivity index (χ0v) is 14.0. The lowest BCUT2D eigenvalue weighted by Gasteiger charge is -2.03. The topological polar surface area (TPSA) is 68.5 Å². The number of halogens is 1. The first-order valence-electron chi connectivity index (χ1n) is 7.51. The molecule has 0 fully saturated rings. The van der Waals surface area contributed by atoms with Gasteiger partial charge in [-0.3, -0.25) is 0 Å². The third-order valence-corrected chi connectivity index (χ3v) is 4.41. The predicted octanol–water partition coefficient (Wildman–Crippen LogP) is 3.88. The highest BCUT2D eigenvalue weighted by molar-refractivity contribution is 7.14. The summed E-state index contributed by atoms with van der Waals surface area (Å²) < 4.78 is 15.4. The van der Waals surface area contributed by atoms with Gasteiger partial charge in [-0.15, -0.1) is 16.4 Å². The molecular weight excluding hydrogens is 339 g/mol. The van der Waals surface area contributed by atoms with E-state index < -0.39 is 0 Å². The molecule has 8 heteroatoms. The Morgan fingerprint density at radius 3 is 2.72 bits per heavy atom. The maximum atomic E-state index is 13.7. The van der Waals surface area contributed by atoms with Gasteiger partial charge >= 0.3 is 0 Å². The van der Waals surface area contributed by atoms with Crippen molar-refractivity contribution in [1.82, 2.24) is 25.2 Å². The minimum Gasteiger partial charge on any atom is -0.329 e. The van der Waals surface area contributed by atoms with Crippen LogP contribution in [0.5, 0.6) is 0 Å². The van der Waals surface area contributed by atoms with E-state index in [0.717, 1.165) is 16.8 Å². The number of anilines is 2. The summed E-state index contributed by atoms with van der Waals surface area (Å²) in [5.74, 6) is 0.373. The molecule has 0 spiro atoms. The number of tetrazole rings is 1. The van der Waals surface area contributed by atoms with E-state index in [1.54, 1.807) is 29.9 Å². The Hall–Kier alpha value is -3.13. The van der Waals surface area contributed by atoms with Crippen LogP contribution in [0.25, 0.3) is 22.6 Å². The Balaban J connectivity index is 1.62. The maximum Gasteiger partial charge on any atom is 0.187 e. The molecule has 1 N–H and O–H groups in total. The number of nitrogens with zero attached hydrogens (tertiary/aromatic N) is 5. The van der Waals surface area contributed by atoms with Crippen LogP contribution in [0.2, 0.25) is 0 Å². The molecule has 2 aromatic carbocycles. The number of rotatable bonds is 4. The first-order valence-corrected chi connectivity index (χ1v) is 8.39. The lowest BCUT2D eigenvalue weighted by Crippen LogP contribution is -1.95. The minimum atomic E-state index is -0.309. The molecule has 0 unspecified atom stereocenters. The summed E-state index contributed by atoms with van der Waals surface area (Å²) >= 11 is 1.42. The number of hydrogen-bond acceptors (Lipinski definition) is 6. The first kappa shape index (κ1) is 15.4. The molecule has 124 valence electrons. The second kappa shape index (κ2) is 6.40. The van der Waals surface area contributed by atoms with Gasteiger partial charge < -0.3 is 5.32 Å². The van der Waals surface area contributed by atoms with Crippen LogP contribution in [0.3, 0.4) is 0 Å². The molecule has 0 aliphatic rings. The summed E-state index contributed by atoms with van der Waals surface area (Å²) in [5.41, 5.74) is 3.06. The van der Waals surface area contributed by atoms with Crippen LogP contribution >= 0.6 is 11.3 Å². The molecule has 4 rings (SSSR count). The summed E-state index contributed by atoms with van der Waals surface area (Å²) in [6.07, 6.45) is 0. The summed E-state index contributed by atoms with van der Waals surface area (Å²) in [5, 5.41) is 17.1. The molecule has 4 aromatic rings. The van der Waals surface area contributed by atoms with Crippen molar-refractivity contribution >= 4 is 22.2 Å². The van der Waals surface area contributed by atoms with Crippen molar-refractivity contribution in [2.45, 2.75) is 0 Å². The number of hydrogen-bond donors (Lipinski definition) is 1. The van der Waals surface area contributed by atoms with E-state index in [1.807, 2.05) is 29.6 Å². The van der Waals surface area contributed by atoms with Gasteiger partial charge in [-0.2, -0.15) is 0 Å². The van der Waals surface area contributed by atoms with E-state index in [4.69, 9.17) is 0 Å². The third kappa shape index (κ3) is 3.11. The highest BCUT2D eigenvalue weighted by atomic mass is 32.1. The molecular formula is C17H13FN6S. The fourth-order valence-corrected chi connectivity index (χ4v) is 3.17. The molecule has 0 aliphatic carbocycles. The average molecular weight is 352 g/mol. The standard InChI is InChI=1S/C17H13FN6S/c1-24-16(21-22-23-24)12-6-4-5-11(9-12)15-10-25-17(20-15)19-14-8-3-2-7-13(14)18/h2-10H,1H3,(H,19,20). The molecule has 0 atom stereocenters. The van der Waals surface area contributed by atoms with Crippen molar-refractivity contribution in [3.8, 4) is 22.6 Å². The lowest BCUT2D eigenvalue weighted by molar-refractivity contribution is 0.632. The zero-order valence-electron chi connectivity index (χ0n) is 13.2. The van der Waals surface area contributed by atoms with Crippen LogP contribution in [0, 0.1) is 5.82 Å². The molecule has 2 heterocycles. The quantitative estimate of drug-likeness (QED) is 0.604. The van der Waals surface area contributed by atoms with E-state index in [9.17, 15) is 4.39 Å². The van der Waals surface area contributed by atoms with Gasteiger partial charge in [0.25, 0.3) is 0 Å². The number of aryl methyl sites for hydroxylation is 1. The van der Waals surface area contributed by atoms with Crippen molar-refractivity contribution in [2.24, 2.45) is 7.05 Å². The van der Waals surface area contributed by atoms with Gasteiger partial charge in [0.05, 0.1) is 11.4 Å². The van der Waals surface area contributed by atoms with Gasteiger partial charge in [-0.1, -0.05) is 30.3 Å². The molecule has 2 aromatic heterocycles. The maximum absolute atomic E-state index is 13.7. The van der Waals surface area contributed by atoms with Crippen molar-refractivity contribution in [3.05, 3.63) is 59.7 Å². The predicted molar refractivity (Wildman–Crippen MR) is 95.0 cm³/mol. The second-order valence-electron chi connectivity index (χ2n) is 5.35. The monoisotopic (exact) mass is 352 g/mol. The Bertz CT molecular complexity index is 1030. The van der Waals surface area contributed by atoms with E-state index in [1.165, 1.54) is 17.4 Å². The van der Waals surface area contributed by atoms with Crippen molar-refractivity contribution in [2.75, 3.05) is 5.32 Å². The number of nitrogens with one attached hydrogen (secondary N) is 1. The van der Waals surface area contributed by atoms with Crippen LogP contribution in [-0.4, -0.2) is 25.2 Å². The van der Waals surface area contributed by atoms with Crippen LogP contribution in [0.15, 0.2) is 53.9 Å². The van der Waals surface area contributed by atoms with Gasteiger partial charge in [-0.05, 0) is 28.6 Å². The number of para-hydroxylation sites is 1. The van der Waals surface area contributed by atoms with E-state index in [0.29, 0.717) is 16.6 Å². The summed E-state index contributed by atoms with van der Waals surface area (Å²) in [6.45, 7) is 0. The minimum absolute atomic E-state index is 0.309. The molecule has 0 saturated heterocycles. The highest BCUT2D eigenvalue weighted by Crippen LogP contribution is 2.29. The van der Waals surface area contributed by atoms with E-state index in [-0.39, 0.29) is 5.82 Å². The lowest BCUT2D eigenvalue weighted by atomic mass is 10.1. The number of benzene rings is 2. The molecule has 25 heavy (non-hydrogen) atoms. The summed E-state index contributed by atoms with van der Waals surface area (Å²) in [4.78, 5) is 4.54. The fraction of sp³-hybridized carbons (Fsp3) is 0.0588. The fourth-order valence-electron chi connectivity index (χ4n) is 2.43. The Morgan fingerprint density at radius 1 is 1.08 bits per heavy atom. The van der Waals surface area contributed by atoms with E-state index in [2.05, 4.69) is 25.8 Å². The van der Waals surface area contributed by atoms with E-state index >= 15 is 0 Å². The number of thiazole rings is 1. The molecule has 0 aliphatic heterocycles. The molecule has 6 nitrogen and oxygen atoms in total. The molecule has 0 bridgehead atoms. The van der Waals surface area contributed by atoms with Gasteiger partial charge in [-0.25, -0.2) is 14.1 Å². The third-order valence-electron chi connectivity index (χ3n) is 3.66. The largest absolute Gasteiger partial charge is 0.329 e. The van der Waals surface area contributed by atoms with Gasteiger partial charge in [0, 0.05) is 23.6 Å². The molecule has 0 saturated carbocycles. The smallest absolute Gasteiger partial charge is 0.187 e. The van der Waals surface area contributed by atoms with Gasteiger partial charge in [0.15, 0.2) is 11.0 Å². The Labute approximate surface area is 147 Å². The van der Waals surface area contributed by atoms with Gasteiger partial charge in [0.2, 0.25) is 0 Å². The Morgan fingerprint density at radius 2 is 1.92 bits per heavy atom. The summed E-state index contributed by atoms with van der Waals surface area (Å²) in [7, 11) is 1.79. The zero-order chi connectivity index (χ0) is 17.2. The highest BCUT2D eigenvalue weighted by Gasteiger charge is 2.10. The molecule has 0 amide bonds. The summed E-state index contributed by atoms with van der Waals surface area (Å²) in [6, 6.07) is 14.3. The Kier molecular flexibility index (Phi) is 3.95. The van der Waals surface area contributed by atoms with Crippen molar-refractivity contribution in [3.63, 3.8) is 0 Å². The molecule has 0 radical (unpaired) electrons. The second-order valence-corrected chi connectivity index (χ2v) is 6.21. The van der Waals surface area contributed by atoms with Crippen LogP contribution < -0.4 is 5.32 Å². The van der Waals surface area contributed by atoms with Crippen LogP contribution in [0.1, 0.15) is 0 Å². The van der Waals surface area contributed by atoms with Crippen LogP contribution in [-0.2, 0) is 7.05 Å². The normalized spacial score (nSPS) is 10.8. The average Bonchev–Trinajstić information content (AvgIpc) is 3.26. The number of aromatic nitrogens is 5. The van der Waals surface area contributed by atoms with Crippen molar-refractivity contribution < 1.29 is 4.39 Å². The first-order chi connectivity index (χ1) is 12.2. The van der Waals surface area contributed by atoms with Gasteiger partial charge in [0.1, 0.15) is 5.82 Å². The van der Waals surface area contributed by atoms with Crippen molar-refractivity contribution in [1.29, 1.82) is 0 Å². The SMILES string of the molecule is Cn1nnnc1-c1cccc(-c2csc(Nc3ccccc3F)n2)c1. The van der Waals surface area contributed by atoms with Crippen LogP contribution in [0.4, 0.5) is 15.2 Å².